The van der Waals surface area contributed by atoms with Crippen molar-refractivity contribution in [3.8, 4) is 0 Å². The monoisotopic (exact) mass is 517 g/mol. The minimum atomic E-state index is -0.632. The molecule has 3 heterocycles. The maximum absolute atomic E-state index is 12.1. The van der Waals surface area contributed by atoms with E-state index in [0.717, 1.165) is 31.1 Å². The molecule has 2 saturated heterocycles. The fourth-order valence-electron chi connectivity index (χ4n) is 6.21. The Bertz CT molecular complexity index is 1140. The molecule has 2 aromatic rings. The molecule has 3 aliphatic rings. The van der Waals surface area contributed by atoms with Crippen LogP contribution in [0.4, 0.5) is 17.3 Å². The molecular weight excluding hydrogens is 478 g/mol. The van der Waals surface area contributed by atoms with Crippen molar-refractivity contribution in [2.75, 3.05) is 36.4 Å². The first-order valence-corrected chi connectivity index (χ1v) is 14.0. The van der Waals surface area contributed by atoms with Crippen LogP contribution < -0.4 is 21.3 Å². The molecule has 2 amide bonds. The minimum Gasteiger partial charge on any atom is -0.364 e. The molecule has 1 unspecified atom stereocenters. The number of carbonyl (C=O) groups is 2. The van der Waals surface area contributed by atoms with Crippen molar-refractivity contribution in [3.63, 3.8) is 0 Å². The van der Waals surface area contributed by atoms with Crippen LogP contribution in [-0.2, 0) is 4.79 Å². The summed E-state index contributed by atoms with van der Waals surface area (Å²) in [6, 6.07) is 9.24. The Kier molecular flexibility index (Phi) is 8.22. The SMILES string of the molecule is C=CC(=O)NC1CCCN(c2cnc(C(N)=O)c(Nc3ccc(C4CCN(C5CCCC5)CC4)cc3)n2)C1. The van der Waals surface area contributed by atoms with E-state index in [0.29, 0.717) is 24.1 Å². The van der Waals surface area contributed by atoms with Gasteiger partial charge in [-0.05, 0) is 81.3 Å². The molecule has 9 heteroatoms. The zero-order valence-corrected chi connectivity index (χ0v) is 22.1. The van der Waals surface area contributed by atoms with Crippen LogP contribution in [0.1, 0.15) is 73.3 Å². The van der Waals surface area contributed by atoms with Crippen LogP contribution in [0.25, 0.3) is 0 Å². The van der Waals surface area contributed by atoms with E-state index in [2.05, 4.69) is 44.1 Å². The fraction of sp³-hybridized carbons (Fsp3) is 0.517. The number of nitrogens with one attached hydrogen (secondary N) is 2. The lowest BCUT2D eigenvalue weighted by molar-refractivity contribution is -0.117. The Morgan fingerprint density at radius 1 is 1.00 bits per heavy atom. The lowest BCUT2D eigenvalue weighted by Crippen LogP contribution is -2.47. The van der Waals surface area contributed by atoms with Crippen molar-refractivity contribution in [2.45, 2.75) is 69.4 Å². The van der Waals surface area contributed by atoms with Gasteiger partial charge in [-0.25, -0.2) is 9.97 Å². The van der Waals surface area contributed by atoms with Gasteiger partial charge in [-0.1, -0.05) is 31.6 Å². The first-order chi connectivity index (χ1) is 18.5. The highest BCUT2D eigenvalue weighted by molar-refractivity contribution is 5.96. The highest BCUT2D eigenvalue weighted by Crippen LogP contribution is 2.33. The van der Waals surface area contributed by atoms with Crippen molar-refractivity contribution in [2.24, 2.45) is 5.73 Å². The van der Waals surface area contributed by atoms with Crippen LogP contribution in [-0.4, -0.2) is 64.9 Å². The summed E-state index contributed by atoms with van der Waals surface area (Å²) in [4.78, 5) is 37.7. The molecule has 4 N–H and O–H groups in total. The molecule has 0 radical (unpaired) electrons. The van der Waals surface area contributed by atoms with Gasteiger partial charge < -0.3 is 26.2 Å². The molecule has 1 saturated carbocycles. The van der Waals surface area contributed by atoms with Gasteiger partial charge in [-0.15, -0.1) is 0 Å². The van der Waals surface area contributed by atoms with E-state index >= 15 is 0 Å². The Balaban J connectivity index is 1.25. The van der Waals surface area contributed by atoms with E-state index in [1.165, 1.54) is 63.3 Å². The second kappa shape index (κ2) is 11.9. The number of aromatic nitrogens is 2. The number of hydrogen-bond acceptors (Lipinski definition) is 7. The number of anilines is 3. The number of amides is 2. The number of primary amides is 1. The maximum atomic E-state index is 12.1. The fourth-order valence-corrected chi connectivity index (χ4v) is 6.21. The molecule has 5 rings (SSSR count). The molecule has 1 aromatic carbocycles. The van der Waals surface area contributed by atoms with Gasteiger partial charge in [0.1, 0.15) is 5.82 Å². The van der Waals surface area contributed by atoms with E-state index in [4.69, 9.17) is 10.7 Å². The van der Waals surface area contributed by atoms with Crippen LogP contribution in [0, 0.1) is 0 Å². The summed E-state index contributed by atoms with van der Waals surface area (Å²) >= 11 is 0. The van der Waals surface area contributed by atoms with Gasteiger partial charge in [0.2, 0.25) is 5.91 Å². The summed E-state index contributed by atoms with van der Waals surface area (Å²) in [7, 11) is 0. The number of nitrogens with two attached hydrogens (primary N) is 1. The van der Waals surface area contributed by atoms with Gasteiger partial charge in [0.25, 0.3) is 5.91 Å². The van der Waals surface area contributed by atoms with Gasteiger partial charge >= 0.3 is 0 Å². The van der Waals surface area contributed by atoms with E-state index < -0.39 is 5.91 Å². The predicted molar refractivity (Wildman–Crippen MR) is 150 cm³/mol. The number of hydrogen-bond donors (Lipinski definition) is 3. The van der Waals surface area contributed by atoms with Gasteiger partial charge in [-0.2, -0.15) is 0 Å². The Morgan fingerprint density at radius 3 is 2.42 bits per heavy atom. The number of piperidine rings is 2. The third-order valence-electron chi connectivity index (χ3n) is 8.29. The molecule has 3 fully saturated rings. The molecule has 1 aromatic heterocycles. The Hall–Kier alpha value is -3.46. The van der Waals surface area contributed by atoms with E-state index in [1.807, 2.05) is 12.1 Å². The summed E-state index contributed by atoms with van der Waals surface area (Å²) in [6.45, 7) is 7.31. The number of rotatable bonds is 8. The lowest BCUT2D eigenvalue weighted by Gasteiger charge is -2.36. The van der Waals surface area contributed by atoms with Crippen molar-refractivity contribution in [1.29, 1.82) is 0 Å². The molecule has 0 spiro atoms. The van der Waals surface area contributed by atoms with Gasteiger partial charge in [0, 0.05) is 30.9 Å². The Labute approximate surface area is 224 Å². The summed E-state index contributed by atoms with van der Waals surface area (Å²) in [5, 5.41) is 6.23. The van der Waals surface area contributed by atoms with Crippen LogP contribution in [0.5, 0.6) is 0 Å². The minimum absolute atomic E-state index is 0.000788. The molecule has 1 aliphatic carbocycles. The summed E-state index contributed by atoms with van der Waals surface area (Å²) in [6.07, 6.45) is 12.6. The van der Waals surface area contributed by atoms with Crippen molar-refractivity contribution < 1.29 is 9.59 Å². The third-order valence-corrected chi connectivity index (χ3v) is 8.29. The molecule has 1 atom stereocenters. The zero-order valence-electron chi connectivity index (χ0n) is 22.1. The number of likely N-dealkylation sites (tertiary alicyclic amines) is 1. The zero-order chi connectivity index (χ0) is 26.5. The standard InChI is InChI=1S/C29H39N7O2/c1-2-26(37)32-23-6-5-15-36(19-23)25-18-31-27(28(30)38)29(34-25)33-22-11-9-20(10-12-22)21-13-16-35(17-14-21)24-7-3-4-8-24/h2,9-12,18,21,23-24H,1,3-8,13-17,19H2,(H2,30,38)(H,32,37)(H,33,34). The molecule has 0 bridgehead atoms. The summed E-state index contributed by atoms with van der Waals surface area (Å²) < 4.78 is 0. The van der Waals surface area contributed by atoms with Crippen LogP contribution >= 0.6 is 0 Å². The van der Waals surface area contributed by atoms with Crippen LogP contribution in [0.3, 0.4) is 0 Å². The van der Waals surface area contributed by atoms with E-state index in [9.17, 15) is 9.59 Å². The van der Waals surface area contributed by atoms with Gasteiger partial charge in [-0.3, -0.25) is 9.59 Å². The second-order valence-electron chi connectivity index (χ2n) is 10.8. The maximum Gasteiger partial charge on any atom is 0.271 e. The first kappa shape index (κ1) is 26.2. The Morgan fingerprint density at radius 2 is 1.74 bits per heavy atom. The van der Waals surface area contributed by atoms with Crippen molar-refractivity contribution >= 4 is 29.1 Å². The average Bonchev–Trinajstić information content (AvgIpc) is 3.49. The normalized spacial score (nSPS) is 21.3. The molecule has 2 aliphatic heterocycles. The molecular formula is C29H39N7O2. The molecule has 9 nitrogen and oxygen atoms in total. The number of benzene rings is 1. The quantitative estimate of drug-likeness (QED) is 0.457. The highest BCUT2D eigenvalue weighted by atomic mass is 16.2. The predicted octanol–water partition coefficient (Wildman–Crippen LogP) is 3.71. The molecule has 202 valence electrons. The third kappa shape index (κ3) is 6.15. The first-order valence-electron chi connectivity index (χ1n) is 14.0. The van der Waals surface area contributed by atoms with E-state index in [1.54, 1.807) is 6.20 Å². The topological polar surface area (TPSA) is 116 Å². The van der Waals surface area contributed by atoms with Crippen molar-refractivity contribution in [1.82, 2.24) is 20.2 Å². The second-order valence-corrected chi connectivity index (χ2v) is 10.8. The van der Waals surface area contributed by atoms with Gasteiger partial charge in [0.15, 0.2) is 11.5 Å². The summed E-state index contributed by atoms with van der Waals surface area (Å²) in [5.74, 6) is 0.745. The highest BCUT2D eigenvalue weighted by Gasteiger charge is 2.28. The summed E-state index contributed by atoms with van der Waals surface area (Å²) in [5.41, 5.74) is 7.91. The van der Waals surface area contributed by atoms with E-state index in [-0.39, 0.29) is 17.6 Å². The number of carbonyl (C=O) groups excluding carboxylic acids is 2. The van der Waals surface area contributed by atoms with Gasteiger partial charge in [0.05, 0.1) is 6.20 Å². The van der Waals surface area contributed by atoms with Crippen LogP contribution in [0.2, 0.25) is 0 Å². The number of nitrogens with zero attached hydrogens (tertiary/aromatic N) is 4. The average molecular weight is 518 g/mol. The van der Waals surface area contributed by atoms with Crippen LogP contribution in [0.15, 0.2) is 43.1 Å². The van der Waals surface area contributed by atoms with Crippen molar-refractivity contribution in [3.05, 3.63) is 54.4 Å². The smallest absolute Gasteiger partial charge is 0.271 e. The lowest BCUT2D eigenvalue weighted by atomic mass is 9.88. The molecule has 38 heavy (non-hydrogen) atoms. The largest absolute Gasteiger partial charge is 0.364 e.